The molecule has 0 aliphatic carbocycles. The van der Waals surface area contributed by atoms with Crippen molar-refractivity contribution in [1.29, 1.82) is 5.26 Å². The van der Waals surface area contributed by atoms with Gasteiger partial charge < -0.3 is 9.88 Å². The molecule has 0 saturated carbocycles. The van der Waals surface area contributed by atoms with Gasteiger partial charge in [-0.2, -0.15) is 5.26 Å². The number of H-pyrrole nitrogens is 1. The van der Waals surface area contributed by atoms with Crippen LogP contribution in [0.25, 0.3) is 0 Å². The quantitative estimate of drug-likeness (QED) is 0.852. The zero-order valence-corrected chi connectivity index (χ0v) is 14.5. The third-order valence-electron chi connectivity index (χ3n) is 4.09. The van der Waals surface area contributed by atoms with Gasteiger partial charge in [-0.1, -0.05) is 18.2 Å². The Morgan fingerprint density at radius 1 is 1.40 bits per heavy atom. The Morgan fingerprint density at radius 2 is 2.20 bits per heavy atom. The lowest BCUT2D eigenvalue weighted by Crippen LogP contribution is -2.41. The van der Waals surface area contributed by atoms with Crippen molar-refractivity contribution < 1.29 is 4.79 Å². The highest BCUT2D eigenvalue weighted by molar-refractivity contribution is 7.98. The molecule has 0 radical (unpaired) electrons. The van der Waals surface area contributed by atoms with Crippen LogP contribution in [0.1, 0.15) is 29.0 Å². The summed E-state index contributed by atoms with van der Waals surface area (Å²) < 4.78 is 0. The van der Waals surface area contributed by atoms with Gasteiger partial charge >= 0.3 is 0 Å². The van der Waals surface area contributed by atoms with Crippen LogP contribution in [0.4, 0.5) is 0 Å². The summed E-state index contributed by atoms with van der Waals surface area (Å²) in [6, 6.07) is 12.0. The van der Waals surface area contributed by atoms with Gasteiger partial charge in [-0.25, -0.2) is 4.98 Å². The number of likely N-dealkylation sites (tertiary alicyclic amines) is 1. The molecule has 7 heteroatoms. The molecule has 1 aromatic heterocycles. The Morgan fingerprint density at radius 3 is 2.92 bits per heavy atom. The second-order valence-corrected chi connectivity index (χ2v) is 6.94. The van der Waals surface area contributed by atoms with Crippen molar-refractivity contribution in [2.24, 2.45) is 5.92 Å². The van der Waals surface area contributed by atoms with E-state index in [9.17, 15) is 9.59 Å². The number of hydrogen-bond acceptors (Lipinski definition) is 5. The van der Waals surface area contributed by atoms with Gasteiger partial charge in [0, 0.05) is 24.2 Å². The number of piperidine rings is 1. The molecule has 2 aromatic rings. The molecule has 0 spiro atoms. The van der Waals surface area contributed by atoms with Crippen molar-refractivity contribution in [1.82, 2.24) is 14.9 Å². The molecule has 25 heavy (non-hydrogen) atoms. The Hall–Kier alpha value is -2.59. The number of nitrogens with zero attached hydrogens (tertiary/aromatic N) is 3. The van der Waals surface area contributed by atoms with E-state index in [1.807, 2.05) is 30.3 Å². The second-order valence-electron chi connectivity index (χ2n) is 5.89. The number of aromatic nitrogens is 2. The van der Waals surface area contributed by atoms with Crippen molar-refractivity contribution in [3.63, 3.8) is 0 Å². The predicted octanol–water partition coefficient (Wildman–Crippen LogP) is 2.44. The number of benzene rings is 1. The molecular weight excluding hydrogens is 336 g/mol. The minimum absolute atomic E-state index is 0.0343. The van der Waals surface area contributed by atoms with Gasteiger partial charge in [0.2, 0.25) is 0 Å². The number of aromatic amines is 1. The number of nitrogens with one attached hydrogen (secondary N) is 1. The van der Waals surface area contributed by atoms with Crippen molar-refractivity contribution in [3.8, 4) is 6.07 Å². The molecule has 1 amide bonds. The molecule has 3 rings (SSSR count). The van der Waals surface area contributed by atoms with Crippen LogP contribution in [0.2, 0.25) is 0 Å². The fourth-order valence-corrected chi connectivity index (χ4v) is 3.56. The van der Waals surface area contributed by atoms with Crippen LogP contribution in [-0.2, 0) is 5.75 Å². The number of thioether (sulfide) groups is 1. The van der Waals surface area contributed by atoms with Crippen molar-refractivity contribution in [3.05, 3.63) is 58.3 Å². The fourth-order valence-electron chi connectivity index (χ4n) is 2.76. The van der Waals surface area contributed by atoms with E-state index in [1.165, 1.54) is 6.20 Å². The van der Waals surface area contributed by atoms with Crippen LogP contribution < -0.4 is 5.56 Å². The number of carbonyl (C=O) groups excluding carboxylic acids is 1. The minimum atomic E-state index is -0.428. The van der Waals surface area contributed by atoms with Crippen molar-refractivity contribution >= 4 is 17.7 Å². The van der Waals surface area contributed by atoms with Crippen LogP contribution in [0.5, 0.6) is 0 Å². The Labute approximate surface area is 149 Å². The van der Waals surface area contributed by atoms with E-state index in [2.05, 4.69) is 16.0 Å². The van der Waals surface area contributed by atoms with E-state index in [1.54, 1.807) is 16.7 Å². The van der Waals surface area contributed by atoms with E-state index in [0.29, 0.717) is 24.7 Å². The van der Waals surface area contributed by atoms with Crippen molar-refractivity contribution in [2.75, 3.05) is 13.1 Å². The summed E-state index contributed by atoms with van der Waals surface area (Å²) in [5.41, 5.74) is -0.394. The molecule has 1 aromatic carbocycles. The Kier molecular flexibility index (Phi) is 5.51. The summed E-state index contributed by atoms with van der Waals surface area (Å²) in [6.07, 6.45) is 2.92. The first-order valence-electron chi connectivity index (χ1n) is 8.12. The standard InChI is InChI=1S/C18H18N4O2S/c19-9-13-5-4-8-22(11-13)18(24)15-10-20-16(21-17(15)23)12-25-14-6-2-1-3-7-14/h1-3,6-7,10,13H,4-5,8,11-12H2,(H,20,21,23)/t13-/m0/s1. The highest BCUT2D eigenvalue weighted by Crippen LogP contribution is 2.20. The van der Waals surface area contributed by atoms with Gasteiger partial charge in [-0.15, -0.1) is 11.8 Å². The number of rotatable bonds is 4. The Balaban J connectivity index is 1.68. The molecular formula is C18H18N4O2S. The topological polar surface area (TPSA) is 89.8 Å². The zero-order valence-electron chi connectivity index (χ0n) is 13.6. The van der Waals surface area contributed by atoms with Crippen LogP contribution >= 0.6 is 11.8 Å². The fraction of sp³-hybridized carbons (Fsp3) is 0.333. The lowest BCUT2D eigenvalue weighted by atomic mass is 9.99. The van der Waals surface area contributed by atoms with Gasteiger partial charge in [0.1, 0.15) is 11.4 Å². The van der Waals surface area contributed by atoms with Gasteiger partial charge in [0.05, 0.1) is 17.7 Å². The average Bonchev–Trinajstić information content (AvgIpc) is 2.67. The monoisotopic (exact) mass is 354 g/mol. The van der Waals surface area contributed by atoms with Crippen LogP contribution in [0.3, 0.4) is 0 Å². The second kappa shape index (κ2) is 7.99. The normalized spacial score (nSPS) is 17.1. The van der Waals surface area contributed by atoms with E-state index >= 15 is 0 Å². The van der Waals surface area contributed by atoms with Crippen LogP contribution in [-0.4, -0.2) is 33.9 Å². The zero-order chi connectivity index (χ0) is 17.6. The summed E-state index contributed by atoms with van der Waals surface area (Å²) in [5.74, 6) is 0.541. The lowest BCUT2D eigenvalue weighted by Gasteiger charge is -2.29. The summed E-state index contributed by atoms with van der Waals surface area (Å²) in [6.45, 7) is 0.947. The SMILES string of the molecule is N#C[C@@H]1CCCN(C(=O)c2cnc(CSc3ccccc3)[nH]c2=O)C1. The van der Waals surface area contributed by atoms with E-state index in [0.717, 1.165) is 17.7 Å². The molecule has 128 valence electrons. The number of carbonyl (C=O) groups is 1. The summed E-state index contributed by atoms with van der Waals surface area (Å²) in [7, 11) is 0. The first kappa shape index (κ1) is 17.2. The molecule has 1 N–H and O–H groups in total. The molecule has 1 aliphatic rings. The average molecular weight is 354 g/mol. The summed E-state index contributed by atoms with van der Waals surface area (Å²) in [5, 5.41) is 9.03. The number of hydrogen-bond donors (Lipinski definition) is 1. The molecule has 1 atom stereocenters. The predicted molar refractivity (Wildman–Crippen MR) is 95.1 cm³/mol. The molecule has 1 aliphatic heterocycles. The van der Waals surface area contributed by atoms with Gasteiger partial charge in [-0.3, -0.25) is 9.59 Å². The van der Waals surface area contributed by atoms with E-state index in [-0.39, 0.29) is 17.4 Å². The number of nitriles is 1. The van der Waals surface area contributed by atoms with Crippen LogP contribution in [0.15, 0.2) is 46.2 Å². The molecule has 0 bridgehead atoms. The van der Waals surface area contributed by atoms with E-state index < -0.39 is 5.56 Å². The minimum Gasteiger partial charge on any atom is -0.337 e. The molecule has 1 saturated heterocycles. The first-order chi connectivity index (χ1) is 12.2. The maximum Gasteiger partial charge on any atom is 0.263 e. The molecule has 6 nitrogen and oxygen atoms in total. The smallest absolute Gasteiger partial charge is 0.263 e. The van der Waals surface area contributed by atoms with Crippen molar-refractivity contribution in [2.45, 2.75) is 23.5 Å². The lowest BCUT2D eigenvalue weighted by molar-refractivity contribution is 0.0696. The van der Waals surface area contributed by atoms with Gasteiger partial charge in [0.15, 0.2) is 0 Å². The van der Waals surface area contributed by atoms with Gasteiger partial charge in [-0.05, 0) is 25.0 Å². The molecule has 1 fully saturated rings. The van der Waals surface area contributed by atoms with E-state index in [4.69, 9.17) is 5.26 Å². The highest BCUT2D eigenvalue weighted by Gasteiger charge is 2.26. The first-order valence-corrected chi connectivity index (χ1v) is 9.11. The maximum atomic E-state index is 12.5. The third kappa shape index (κ3) is 4.28. The van der Waals surface area contributed by atoms with Crippen LogP contribution in [0, 0.1) is 17.2 Å². The molecule has 0 unspecified atom stereocenters. The number of amides is 1. The van der Waals surface area contributed by atoms with Gasteiger partial charge in [0.25, 0.3) is 11.5 Å². The summed E-state index contributed by atoms with van der Waals surface area (Å²) in [4.78, 5) is 34.4. The molecule has 2 heterocycles. The maximum absolute atomic E-state index is 12.5. The summed E-state index contributed by atoms with van der Waals surface area (Å²) >= 11 is 1.56. The third-order valence-corrected chi connectivity index (χ3v) is 5.12. The Bertz CT molecular complexity index is 844. The largest absolute Gasteiger partial charge is 0.337 e. The highest BCUT2D eigenvalue weighted by atomic mass is 32.2.